The van der Waals surface area contributed by atoms with Crippen LogP contribution in [-0.4, -0.2) is 43.0 Å². The van der Waals surface area contributed by atoms with Gasteiger partial charge in [-0.25, -0.2) is 9.59 Å². The molecule has 0 bridgehead atoms. The molecule has 2 amide bonds. The third-order valence-corrected chi connectivity index (χ3v) is 3.63. The van der Waals surface area contributed by atoms with Crippen molar-refractivity contribution in [3.8, 4) is 5.75 Å². The maximum Gasteiger partial charge on any atom is 0.414 e. The van der Waals surface area contributed by atoms with Gasteiger partial charge in [-0.2, -0.15) is 0 Å². The van der Waals surface area contributed by atoms with Gasteiger partial charge in [0, 0.05) is 17.8 Å². The number of aliphatic imine (C=N–C) groups is 1. The van der Waals surface area contributed by atoms with Crippen LogP contribution in [-0.2, 0) is 9.47 Å². The van der Waals surface area contributed by atoms with Crippen molar-refractivity contribution < 1.29 is 23.8 Å². The summed E-state index contributed by atoms with van der Waals surface area (Å²) in [5.41, 5.74) is 0.150. The summed E-state index contributed by atoms with van der Waals surface area (Å²) >= 11 is 0. The molecule has 0 aliphatic carbocycles. The number of benzene rings is 1. The first-order valence-corrected chi connectivity index (χ1v) is 10.2. The number of methoxy groups -OCH3 is 1. The van der Waals surface area contributed by atoms with Gasteiger partial charge >= 0.3 is 12.2 Å². The minimum absolute atomic E-state index is 0.251. The van der Waals surface area contributed by atoms with Crippen LogP contribution in [0, 0.1) is 0 Å². The van der Waals surface area contributed by atoms with E-state index in [1.165, 1.54) is 0 Å². The number of amides is 2. The quantitative estimate of drug-likeness (QED) is 0.460. The SMILES string of the molecule is CCN=C(NC(=O)OC(C)(C)C)Nc1ccc(OC)c(C(C)NC(=O)OC(C)(C)C)c1. The maximum atomic E-state index is 12.2. The third kappa shape index (κ3) is 10.1. The van der Waals surface area contributed by atoms with Crippen LogP contribution in [0.2, 0.25) is 0 Å². The van der Waals surface area contributed by atoms with Gasteiger partial charge in [0.25, 0.3) is 0 Å². The second-order valence-electron chi connectivity index (χ2n) is 8.90. The fourth-order valence-corrected chi connectivity index (χ4v) is 2.52. The number of nitrogens with zero attached hydrogens (tertiary/aromatic N) is 1. The van der Waals surface area contributed by atoms with E-state index >= 15 is 0 Å². The molecule has 0 spiro atoms. The molecule has 9 nitrogen and oxygen atoms in total. The highest BCUT2D eigenvalue weighted by Gasteiger charge is 2.21. The van der Waals surface area contributed by atoms with Crippen molar-refractivity contribution in [1.82, 2.24) is 10.6 Å². The van der Waals surface area contributed by atoms with Crippen LogP contribution in [0.3, 0.4) is 0 Å². The lowest BCUT2D eigenvalue weighted by Crippen LogP contribution is -2.40. The molecule has 0 aliphatic heterocycles. The first-order chi connectivity index (χ1) is 14.2. The first kappa shape index (κ1) is 26.1. The highest BCUT2D eigenvalue weighted by atomic mass is 16.6. The van der Waals surface area contributed by atoms with E-state index in [1.807, 2.05) is 19.9 Å². The Bertz CT molecular complexity index is 794. The fraction of sp³-hybridized carbons (Fsp3) is 0.591. The molecule has 0 aliphatic rings. The molecule has 1 unspecified atom stereocenters. The summed E-state index contributed by atoms with van der Waals surface area (Å²) in [4.78, 5) is 28.5. The number of alkyl carbamates (subject to hydrolysis) is 2. The van der Waals surface area contributed by atoms with Crippen LogP contribution in [0.1, 0.15) is 67.0 Å². The summed E-state index contributed by atoms with van der Waals surface area (Å²) < 4.78 is 16.0. The van der Waals surface area contributed by atoms with Gasteiger partial charge in [-0.05, 0) is 73.6 Å². The number of hydrogen-bond donors (Lipinski definition) is 3. The molecule has 0 saturated heterocycles. The normalized spacial score (nSPS) is 13.1. The van der Waals surface area contributed by atoms with E-state index in [0.29, 0.717) is 18.0 Å². The van der Waals surface area contributed by atoms with E-state index in [9.17, 15) is 9.59 Å². The predicted octanol–water partition coefficient (Wildman–Crippen LogP) is 4.59. The van der Waals surface area contributed by atoms with E-state index in [-0.39, 0.29) is 5.96 Å². The summed E-state index contributed by atoms with van der Waals surface area (Å²) in [6.45, 7) is 14.9. The average molecular weight is 437 g/mol. The Labute approximate surface area is 184 Å². The Morgan fingerprint density at radius 3 is 2.13 bits per heavy atom. The summed E-state index contributed by atoms with van der Waals surface area (Å²) in [7, 11) is 1.56. The number of guanidine groups is 1. The van der Waals surface area contributed by atoms with E-state index in [2.05, 4.69) is 20.9 Å². The molecule has 174 valence electrons. The zero-order chi connectivity index (χ0) is 23.8. The Morgan fingerprint density at radius 2 is 1.61 bits per heavy atom. The van der Waals surface area contributed by atoms with Crippen molar-refractivity contribution in [3.63, 3.8) is 0 Å². The number of carbonyl (C=O) groups is 2. The van der Waals surface area contributed by atoms with Gasteiger partial charge in [-0.15, -0.1) is 0 Å². The summed E-state index contributed by atoms with van der Waals surface area (Å²) in [5, 5.41) is 8.49. The third-order valence-electron chi connectivity index (χ3n) is 3.63. The van der Waals surface area contributed by atoms with Crippen LogP contribution in [0.25, 0.3) is 0 Å². The van der Waals surface area contributed by atoms with Crippen LogP contribution in [0.15, 0.2) is 23.2 Å². The van der Waals surface area contributed by atoms with E-state index in [4.69, 9.17) is 14.2 Å². The van der Waals surface area contributed by atoms with Crippen molar-refractivity contribution in [3.05, 3.63) is 23.8 Å². The number of anilines is 1. The second-order valence-corrected chi connectivity index (χ2v) is 8.90. The van der Waals surface area contributed by atoms with Gasteiger partial charge in [0.2, 0.25) is 5.96 Å². The summed E-state index contributed by atoms with van der Waals surface area (Å²) in [6.07, 6.45) is -1.14. The molecule has 1 aromatic rings. The highest BCUT2D eigenvalue weighted by molar-refractivity contribution is 6.02. The smallest absolute Gasteiger partial charge is 0.414 e. The first-order valence-electron chi connectivity index (χ1n) is 10.2. The van der Waals surface area contributed by atoms with Gasteiger partial charge < -0.3 is 24.8 Å². The van der Waals surface area contributed by atoms with Gasteiger partial charge in [0.15, 0.2) is 0 Å². The monoisotopic (exact) mass is 436 g/mol. The Balaban J connectivity index is 3.01. The number of rotatable bonds is 5. The molecule has 0 aromatic heterocycles. The van der Waals surface area contributed by atoms with Crippen LogP contribution >= 0.6 is 0 Å². The average Bonchev–Trinajstić information content (AvgIpc) is 2.58. The van der Waals surface area contributed by atoms with Gasteiger partial charge in [-0.1, -0.05) is 0 Å². The molecule has 0 saturated carbocycles. The van der Waals surface area contributed by atoms with Gasteiger partial charge in [-0.3, -0.25) is 10.3 Å². The zero-order valence-corrected chi connectivity index (χ0v) is 20.0. The highest BCUT2D eigenvalue weighted by Crippen LogP contribution is 2.28. The predicted molar refractivity (Wildman–Crippen MR) is 122 cm³/mol. The number of hydrogen-bond acceptors (Lipinski definition) is 6. The Kier molecular flexibility index (Phi) is 9.15. The molecule has 0 heterocycles. The number of ether oxygens (including phenoxy) is 3. The van der Waals surface area contributed by atoms with Crippen molar-refractivity contribution in [2.24, 2.45) is 4.99 Å². The molecule has 1 aromatic carbocycles. The Hall–Kier alpha value is -2.97. The number of nitrogens with one attached hydrogen (secondary N) is 3. The van der Waals surface area contributed by atoms with Crippen molar-refractivity contribution in [2.75, 3.05) is 19.0 Å². The van der Waals surface area contributed by atoms with E-state index in [0.717, 1.165) is 5.56 Å². The summed E-state index contributed by atoms with van der Waals surface area (Å²) in [6, 6.07) is 4.96. The maximum absolute atomic E-state index is 12.2. The Morgan fingerprint density at radius 1 is 1.03 bits per heavy atom. The molecule has 3 N–H and O–H groups in total. The molecular weight excluding hydrogens is 400 g/mol. The lowest BCUT2D eigenvalue weighted by molar-refractivity contribution is 0.0505. The standard InChI is InChI=1S/C22H36N4O5/c1-10-23-18(26-20(28)31-22(6,7)8)25-15-11-12-17(29-9)16(13-15)14(2)24-19(27)30-21(3,4)5/h11-14H,10H2,1-9H3,(H,24,27)(H2,23,25,26,28). The number of carbonyl (C=O) groups excluding carboxylic acids is 2. The molecule has 31 heavy (non-hydrogen) atoms. The van der Waals surface area contributed by atoms with Crippen LogP contribution in [0.5, 0.6) is 5.75 Å². The molecule has 0 fully saturated rings. The van der Waals surface area contributed by atoms with Crippen molar-refractivity contribution in [1.29, 1.82) is 0 Å². The molecule has 0 radical (unpaired) electrons. The van der Waals surface area contributed by atoms with Gasteiger partial charge in [0.1, 0.15) is 17.0 Å². The lowest BCUT2D eigenvalue weighted by Gasteiger charge is -2.23. The minimum atomic E-state index is -0.628. The van der Waals surface area contributed by atoms with Gasteiger partial charge in [0.05, 0.1) is 13.2 Å². The van der Waals surface area contributed by atoms with Crippen LogP contribution in [0.4, 0.5) is 15.3 Å². The zero-order valence-electron chi connectivity index (χ0n) is 20.0. The van der Waals surface area contributed by atoms with Crippen molar-refractivity contribution in [2.45, 2.75) is 72.6 Å². The molecular formula is C22H36N4O5. The molecule has 9 heteroatoms. The molecule has 1 rings (SSSR count). The second kappa shape index (κ2) is 10.9. The van der Waals surface area contributed by atoms with E-state index in [1.54, 1.807) is 60.8 Å². The minimum Gasteiger partial charge on any atom is -0.496 e. The van der Waals surface area contributed by atoms with E-state index < -0.39 is 29.4 Å². The lowest BCUT2D eigenvalue weighted by atomic mass is 10.1. The summed E-state index contributed by atoms with van der Waals surface area (Å²) in [5.74, 6) is 0.851. The van der Waals surface area contributed by atoms with Crippen molar-refractivity contribution >= 4 is 23.8 Å². The topological polar surface area (TPSA) is 110 Å². The molecule has 1 atom stereocenters. The fourth-order valence-electron chi connectivity index (χ4n) is 2.52. The van der Waals surface area contributed by atoms with Crippen LogP contribution < -0.4 is 20.7 Å². The largest absolute Gasteiger partial charge is 0.496 e.